The Morgan fingerprint density at radius 1 is 1.45 bits per heavy atom. The maximum absolute atomic E-state index is 13.4. The third-order valence-electron chi connectivity index (χ3n) is 3.63. The van der Waals surface area contributed by atoms with Gasteiger partial charge >= 0.3 is 5.97 Å². The van der Waals surface area contributed by atoms with Crippen molar-refractivity contribution < 1.29 is 14.3 Å². The van der Waals surface area contributed by atoms with Gasteiger partial charge in [-0.25, -0.2) is 9.18 Å². The molecule has 0 saturated heterocycles. The molecule has 1 aromatic carbocycles. The van der Waals surface area contributed by atoms with Crippen molar-refractivity contribution in [1.29, 1.82) is 0 Å². The second-order valence-electron chi connectivity index (χ2n) is 4.90. The number of hydrogen-bond donors (Lipinski definition) is 1. The number of nitrogens with zero attached hydrogens (tertiary/aromatic N) is 1. The Labute approximate surface area is 115 Å². The molecule has 0 saturated carbocycles. The first-order valence-corrected chi connectivity index (χ1v) is 6.46. The quantitative estimate of drug-likeness (QED) is 0.937. The Balaban J connectivity index is 3.05. The molecule has 1 unspecified atom stereocenters. The number of halogens is 1. The largest absolute Gasteiger partial charge is 0.477 e. The normalized spacial score (nSPS) is 12.6. The average Bonchev–Trinajstić information content (AvgIpc) is 2.41. The number of fused-ring (bicyclic) bond motifs is 1. The summed E-state index contributed by atoms with van der Waals surface area (Å²) < 4.78 is 15.0. The smallest absolute Gasteiger partial charge is 0.352 e. The summed E-state index contributed by atoms with van der Waals surface area (Å²) in [6.45, 7) is 5.27. The van der Waals surface area contributed by atoms with Crippen LogP contribution >= 0.6 is 0 Å². The predicted molar refractivity (Wildman–Crippen MR) is 74.9 cm³/mol. The number of pyridine rings is 1. The van der Waals surface area contributed by atoms with Gasteiger partial charge < -0.3 is 9.67 Å². The van der Waals surface area contributed by atoms with Gasteiger partial charge in [0.25, 0.3) is 0 Å². The van der Waals surface area contributed by atoms with Gasteiger partial charge in [0, 0.05) is 17.0 Å². The lowest BCUT2D eigenvalue weighted by Gasteiger charge is -2.21. The molecule has 1 heterocycles. The third-order valence-corrected chi connectivity index (χ3v) is 3.63. The standard InChI is InChI=1S/C15H16FNO3/c1-4-8(2)17-12-6-5-10(16)7-11(12)14(18)9(3)13(17)15(19)20/h5-8H,4H2,1-3H3,(H,19,20). The number of benzene rings is 1. The summed E-state index contributed by atoms with van der Waals surface area (Å²) in [4.78, 5) is 23.7. The Morgan fingerprint density at radius 2 is 2.10 bits per heavy atom. The van der Waals surface area contributed by atoms with Crippen LogP contribution in [0.25, 0.3) is 10.9 Å². The lowest BCUT2D eigenvalue weighted by atomic mass is 10.1. The number of carbonyl (C=O) groups is 1. The Hall–Kier alpha value is -2.17. The van der Waals surface area contributed by atoms with E-state index in [1.807, 2.05) is 13.8 Å². The lowest BCUT2D eigenvalue weighted by molar-refractivity contribution is 0.0681. The highest BCUT2D eigenvalue weighted by molar-refractivity contribution is 5.92. The monoisotopic (exact) mass is 277 g/mol. The zero-order valence-electron chi connectivity index (χ0n) is 11.6. The molecule has 5 heteroatoms. The number of aromatic carboxylic acids is 1. The fourth-order valence-corrected chi connectivity index (χ4v) is 2.41. The summed E-state index contributed by atoms with van der Waals surface area (Å²) in [6, 6.07) is 3.76. The molecule has 2 aromatic rings. The molecule has 1 atom stereocenters. The first kappa shape index (κ1) is 14.2. The summed E-state index contributed by atoms with van der Waals surface area (Å²) in [5.41, 5.74) is 0.129. The van der Waals surface area contributed by atoms with E-state index in [0.717, 1.165) is 6.07 Å². The molecule has 4 nitrogen and oxygen atoms in total. The van der Waals surface area contributed by atoms with Crippen molar-refractivity contribution in [2.24, 2.45) is 0 Å². The number of carboxylic acids is 1. The zero-order chi connectivity index (χ0) is 15.0. The maximum atomic E-state index is 13.4. The van der Waals surface area contributed by atoms with Gasteiger partial charge in [-0.2, -0.15) is 0 Å². The van der Waals surface area contributed by atoms with Crippen molar-refractivity contribution in [2.75, 3.05) is 0 Å². The lowest BCUT2D eigenvalue weighted by Crippen LogP contribution is -2.24. The molecule has 20 heavy (non-hydrogen) atoms. The molecule has 1 N–H and O–H groups in total. The predicted octanol–water partition coefficient (Wildman–Crippen LogP) is 3.12. The van der Waals surface area contributed by atoms with Crippen molar-refractivity contribution in [2.45, 2.75) is 33.2 Å². The van der Waals surface area contributed by atoms with Crippen LogP contribution in [0.1, 0.15) is 42.4 Å². The van der Waals surface area contributed by atoms with Crippen LogP contribution < -0.4 is 5.43 Å². The second-order valence-corrected chi connectivity index (χ2v) is 4.90. The Bertz CT molecular complexity index is 749. The summed E-state index contributed by atoms with van der Waals surface area (Å²) in [7, 11) is 0. The van der Waals surface area contributed by atoms with Gasteiger partial charge in [-0.15, -0.1) is 0 Å². The van der Waals surface area contributed by atoms with Gasteiger partial charge in [0.05, 0.1) is 5.52 Å². The fraction of sp³-hybridized carbons (Fsp3) is 0.333. The molecule has 0 fully saturated rings. The summed E-state index contributed by atoms with van der Waals surface area (Å²) >= 11 is 0. The number of aromatic nitrogens is 1. The van der Waals surface area contributed by atoms with E-state index >= 15 is 0 Å². The van der Waals surface area contributed by atoms with Gasteiger partial charge in [0.15, 0.2) is 5.43 Å². The van der Waals surface area contributed by atoms with Crippen molar-refractivity contribution in [3.8, 4) is 0 Å². The molecule has 0 aliphatic heterocycles. The van der Waals surface area contributed by atoms with Crippen molar-refractivity contribution in [1.82, 2.24) is 4.57 Å². The Kier molecular flexibility index (Phi) is 3.61. The molecule has 0 aliphatic carbocycles. The molecule has 1 aromatic heterocycles. The molecular weight excluding hydrogens is 261 g/mol. The van der Waals surface area contributed by atoms with Crippen LogP contribution in [-0.2, 0) is 0 Å². The van der Waals surface area contributed by atoms with E-state index in [0.29, 0.717) is 11.9 Å². The van der Waals surface area contributed by atoms with Crippen LogP contribution in [0.3, 0.4) is 0 Å². The summed E-state index contributed by atoms with van der Waals surface area (Å²) in [6.07, 6.45) is 0.703. The van der Waals surface area contributed by atoms with Crippen LogP contribution in [0.2, 0.25) is 0 Å². The average molecular weight is 277 g/mol. The van der Waals surface area contributed by atoms with Crippen molar-refractivity contribution in [3.05, 3.63) is 45.5 Å². The van der Waals surface area contributed by atoms with E-state index in [2.05, 4.69) is 0 Å². The topological polar surface area (TPSA) is 59.3 Å². The number of carboxylic acid groups (broad SMARTS) is 1. The van der Waals surface area contributed by atoms with Crippen LogP contribution in [0.15, 0.2) is 23.0 Å². The van der Waals surface area contributed by atoms with Crippen LogP contribution in [0, 0.1) is 12.7 Å². The maximum Gasteiger partial charge on any atom is 0.352 e. The molecule has 0 bridgehead atoms. The van der Waals surface area contributed by atoms with Gasteiger partial charge in [-0.05, 0) is 38.5 Å². The van der Waals surface area contributed by atoms with E-state index in [1.54, 1.807) is 4.57 Å². The Morgan fingerprint density at radius 3 is 2.65 bits per heavy atom. The minimum Gasteiger partial charge on any atom is -0.477 e. The number of rotatable bonds is 3. The summed E-state index contributed by atoms with van der Waals surface area (Å²) in [5.74, 6) is -1.65. The van der Waals surface area contributed by atoms with Crippen molar-refractivity contribution >= 4 is 16.9 Å². The van der Waals surface area contributed by atoms with Crippen LogP contribution in [0.4, 0.5) is 4.39 Å². The highest BCUT2D eigenvalue weighted by atomic mass is 19.1. The molecule has 106 valence electrons. The zero-order valence-corrected chi connectivity index (χ0v) is 11.6. The molecule has 2 rings (SSSR count). The highest BCUT2D eigenvalue weighted by Crippen LogP contribution is 2.23. The van der Waals surface area contributed by atoms with E-state index < -0.39 is 17.2 Å². The van der Waals surface area contributed by atoms with Gasteiger partial charge in [-0.3, -0.25) is 4.79 Å². The minimum atomic E-state index is -1.15. The minimum absolute atomic E-state index is 0.0246. The highest BCUT2D eigenvalue weighted by Gasteiger charge is 2.21. The van der Waals surface area contributed by atoms with Crippen LogP contribution in [0.5, 0.6) is 0 Å². The van der Waals surface area contributed by atoms with Gasteiger partial charge in [0.2, 0.25) is 0 Å². The molecule has 0 aliphatic rings. The first-order chi connectivity index (χ1) is 9.38. The molecule has 0 spiro atoms. The molecule has 0 radical (unpaired) electrons. The molecule has 0 amide bonds. The SMILES string of the molecule is CCC(C)n1c(C(=O)O)c(C)c(=O)c2cc(F)ccc21. The van der Waals surface area contributed by atoms with E-state index in [4.69, 9.17) is 0 Å². The van der Waals surface area contributed by atoms with Crippen LogP contribution in [-0.4, -0.2) is 15.6 Å². The van der Waals surface area contributed by atoms with E-state index in [-0.39, 0.29) is 22.7 Å². The van der Waals surface area contributed by atoms with Gasteiger partial charge in [-0.1, -0.05) is 6.92 Å². The van der Waals surface area contributed by atoms with Gasteiger partial charge in [0.1, 0.15) is 11.5 Å². The third kappa shape index (κ3) is 2.09. The fourth-order valence-electron chi connectivity index (χ4n) is 2.41. The first-order valence-electron chi connectivity index (χ1n) is 6.46. The summed E-state index contributed by atoms with van der Waals surface area (Å²) in [5, 5.41) is 9.61. The van der Waals surface area contributed by atoms with Crippen molar-refractivity contribution in [3.63, 3.8) is 0 Å². The van der Waals surface area contributed by atoms with E-state index in [1.165, 1.54) is 19.1 Å². The number of hydrogen-bond acceptors (Lipinski definition) is 2. The second kappa shape index (κ2) is 5.07. The molecular formula is C15H16FNO3. The van der Waals surface area contributed by atoms with E-state index in [9.17, 15) is 19.1 Å².